The van der Waals surface area contributed by atoms with Gasteiger partial charge in [-0.15, -0.1) is 4.99 Å². The Hall–Kier alpha value is -2.22. The number of carbonyl (C=O) groups is 2. The van der Waals surface area contributed by atoms with Crippen LogP contribution in [0.5, 0.6) is 0 Å². The van der Waals surface area contributed by atoms with Gasteiger partial charge in [0.15, 0.2) is 0 Å². The summed E-state index contributed by atoms with van der Waals surface area (Å²) in [4.78, 5) is 31.8. The van der Waals surface area contributed by atoms with E-state index in [-0.39, 0.29) is 12.2 Å². The molecule has 1 heterocycles. The van der Waals surface area contributed by atoms with E-state index >= 15 is 0 Å². The average Bonchev–Trinajstić information content (AvgIpc) is 2.34. The summed E-state index contributed by atoms with van der Waals surface area (Å²) in [5.41, 5.74) is 4.61. The first-order valence-electron chi connectivity index (χ1n) is 7.20. The zero-order chi connectivity index (χ0) is 17.8. The summed E-state index contributed by atoms with van der Waals surface area (Å²) in [6, 6.07) is 0. The van der Waals surface area contributed by atoms with E-state index in [1.54, 1.807) is 41.5 Å². The molecule has 0 bridgehead atoms. The van der Waals surface area contributed by atoms with Crippen LogP contribution in [0.2, 0.25) is 0 Å². The molecule has 0 unspecified atom stereocenters. The predicted molar refractivity (Wildman–Crippen MR) is 83.5 cm³/mol. The first-order chi connectivity index (χ1) is 10.4. The Morgan fingerprint density at radius 1 is 1.17 bits per heavy atom. The Kier molecular flexibility index (Phi) is 5.65. The molecule has 0 fully saturated rings. The third kappa shape index (κ3) is 6.60. The molecule has 0 aliphatic heterocycles. The molecule has 2 N–H and O–H groups in total. The van der Waals surface area contributed by atoms with Crippen molar-refractivity contribution in [1.29, 1.82) is 0 Å². The van der Waals surface area contributed by atoms with Crippen LogP contribution in [0, 0.1) is 0 Å². The zero-order valence-electron chi connectivity index (χ0n) is 14.4. The van der Waals surface area contributed by atoms with Gasteiger partial charge in [0.1, 0.15) is 11.2 Å². The van der Waals surface area contributed by atoms with E-state index in [0.29, 0.717) is 5.56 Å². The number of ether oxygens (including phenoxy) is 2. The molecule has 0 spiro atoms. The normalized spacial score (nSPS) is 12.9. The quantitative estimate of drug-likeness (QED) is 0.845. The molecule has 0 radical (unpaired) electrons. The Labute approximate surface area is 135 Å². The predicted octanol–water partition coefficient (Wildman–Crippen LogP) is 1.96. The van der Waals surface area contributed by atoms with E-state index in [9.17, 15) is 9.59 Å². The fourth-order valence-corrected chi connectivity index (χ4v) is 1.46. The van der Waals surface area contributed by atoms with Crippen LogP contribution in [0.4, 0.5) is 9.59 Å². The number of nitrogens with zero attached hydrogens (tertiary/aromatic N) is 3. The van der Waals surface area contributed by atoms with Gasteiger partial charge in [0.25, 0.3) is 0 Å². The molecule has 128 valence electrons. The SMILES string of the molecule is CC(C)(C)OC(=O)/N=c1\ncc(CN)cn1C(=O)OC(C)(C)C. The smallest absolute Gasteiger partial charge is 0.437 e. The number of nitrogens with two attached hydrogens (primary N) is 1. The maximum atomic E-state index is 12.3. The van der Waals surface area contributed by atoms with Crippen molar-refractivity contribution in [3.8, 4) is 0 Å². The summed E-state index contributed by atoms with van der Waals surface area (Å²) in [7, 11) is 0. The number of aromatic nitrogens is 2. The maximum Gasteiger partial charge on any atom is 0.437 e. The Morgan fingerprint density at radius 2 is 1.74 bits per heavy atom. The lowest BCUT2D eigenvalue weighted by Gasteiger charge is -2.20. The van der Waals surface area contributed by atoms with Crippen LogP contribution in [0.15, 0.2) is 17.4 Å². The van der Waals surface area contributed by atoms with Gasteiger partial charge in [-0.3, -0.25) is 0 Å². The molecular formula is C15H24N4O4. The summed E-state index contributed by atoms with van der Waals surface area (Å²) in [5, 5.41) is 0. The third-order valence-electron chi connectivity index (χ3n) is 2.27. The number of hydrogen-bond donors (Lipinski definition) is 1. The molecular weight excluding hydrogens is 300 g/mol. The molecule has 1 rings (SSSR count). The lowest BCUT2D eigenvalue weighted by Crippen LogP contribution is -2.36. The first-order valence-corrected chi connectivity index (χ1v) is 7.20. The molecule has 0 saturated heterocycles. The molecule has 0 atom stereocenters. The molecule has 1 aromatic rings. The fraction of sp³-hybridized carbons (Fsp3) is 0.600. The van der Waals surface area contributed by atoms with Gasteiger partial charge in [-0.1, -0.05) is 0 Å². The van der Waals surface area contributed by atoms with Crippen molar-refractivity contribution in [2.24, 2.45) is 10.7 Å². The van der Waals surface area contributed by atoms with Gasteiger partial charge in [-0.25, -0.2) is 19.1 Å². The van der Waals surface area contributed by atoms with Crippen LogP contribution in [0.25, 0.3) is 0 Å². The second-order valence-corrected chi connectivity index (χ2v) is 6.91. The highest BCUT2D eigenvalue weighted by Crippen LogP contribution is 2.09. The minimum atomic E-state index is -0.845. The Balaban J connectivity index is 3.27. The number of carbonyl (C=O) groups excluding carboxylic acids is 2. The average molecular weight is 324 g/mol. The molecule has 23 heavy (non-hydrogen) atoms. The second-order valence-electron chi connectivity index (χ2n) is 6.91. The highest BCUT2D eigenvalue weighted by molar-refractivity contribution is 5.72. The largest absolute Gasteiger partial charge is 0.443 e. The minimum Gasteiger partial charge on any atom is -0.443 e. The monoisotopic (exact) mass is 324 g/mol. The Bertz CT molecular complexity index is 651. The van der Waals surface area contributed by atoms with Gasteiger partial charge in [0.05, 0.1) is 0 Å². The lowest BCUT2D eigenvalue weighted by molar-refractivity contribution is 0.0522. The highest BCUT2D eigenvalue weighted by atomic mass is 16.6. The van der Waals surface area contributed by atoms with Gasteiger partial charge in [0.2, 0.25) is 5.62 Å². The van der Waals surface area contributed by atoms with Crippen molar-refractivity contribution >= 4 is 12.2 Å². The first kappa shape index (κ1) is 18.8. The summed E-state index contributed by atoms with van der Waals surface area (Å²) in [5.74, 6) is 0. The van der Waals surface area contributed by atoms with Crippen LogP contribution >= 0.6 is 0 Å². The topological polar surface area (TPSA) is 109 Å². The van der Waals surface area contributed by atoms with E-state index in [1.807, 2.05) is 0 Å². The highest BCUT2D eigenvalue weighted by Gasteiger charge is 2.20. The summed E-state index contributed by atoms with van der Waals surface area (Å²) in [6.45, 7) is 10.5. The number of hydrogen-bond acceptors (Lipinski definition) is 6. The van der Waals surface area contributed by atoms with Gasteiger partial charge < -0.3 is 15.2 Å². The minimum absolute atomic E-state index is 0.134. The number of rotatable bonds is 1. The molecule has 1 aromatic heterocycles. The van der Waals surface area contributed by atoms with Crippen molar-refractivity contribution in [2.75, 3.05) is 0 Å². The second kappa shape index (κ2) is 6.91. The molecule has 0 aliphatic rings. The Morgan fingerprint density at radius 3 is 2.22 bits per heavy atom. The van der Waals surface area contributed by atoms with Crippen molar-refractivity contribution in [3.63, 3.8) is 0 Å². The summed E-state index contributed by atoms with van der Waals surface area (Å²) >= 11 is 0. The molecule has 0 aromatic carbocycles. The zero-order valence-corrected chi connectivity index (χ0v) is 14.4. The molecule has 8 nitrogen and oxygen atoms in total. The standard InChI is InChI=1S/C15H24N4O4/c1-14(2,3)22-12(20)18-11-17-8-10(7-16)9-19(11)13(21)23-15(4,5)6/h8-9H,7,16H2,1-6H3/b18-11+. The van der Waals surface area contributed by atoms with E-state index < -0.39 is 23.4 Å². The summed E-state index contributed by atoms with van der Waals surface area (Å²) < 4.78 is 11.4. The van der Waals surface area contributed by atoms with Crippen LogP contribution in [-0.4, -0.2) is 32.9 Å². The van der Waals surface area contributed by atoms with Gasteiger partial charge in [0, 0.05) is 24.5 Å². The molecule has 0 aliphatic carbocycles. The lowest BCUT2D eigenvalue weighted by atomic mass is 10.2. The molecule has 1 amide bonds. The van der Waals surface area contributed by atoms with Crippen molar-refractivity contribution in [1.82, 2.24) is 9.55 Å². The fourth-order valence-electron chi connectivity index (χ4n) is 1.46. The van der Waals surface area contributed by atoms with Gasteiger partial charge in [-0.05, 0) is 41.5 Å². The van der Waals surface area contributed by atoms with Gasteiger partial charge in [-0.2, -0.15) is 0 Å². The van der Waals surface area contributed by atoms with Crippen LogP contribution in [0.3, 0.4) is 0 Å². The number of amides is 1. The molecule has 0 saturated carbocycles. The third-order valence-corrected chi connectivity index (χ3v) is 2.27. The van der Waals surface area contributed by atoms with E-state index in [0.717, 1.165) is 4.57 Å². The van der Waals surface area contributed by atoms with E-state index in [1.165, 1.54) is 12.4 Å². The van der Waals surface area contributed by atoms with E-state index in [4.69, 9.17) is 15.2 Å². The van der Waals surface area contributed by atoms with Crippen LogP contribution in [0.1, 0.15) is 47.1 Å². The van der Waals surface area contributed by atoms with Crippen LogP contribution < -0.4 is 11.4 Å². The van der Waals surface area contributed by atoms with Crippen molar-refractivity contribution < 1.29 is 19.1 Å². The van der Waals surface area contributed by atoms with Gasteiger partial charge >= 0.3 is 12.2 Å². The van der Waals surface area contributed by atoms with E-state index in [2.05, 4.69) is 9.98 Å². The maximum absolute atomic E-state index is 12.3. The molecule has 8 heteroatoms. The van der Waals surface area contributed by atoms with Crippen molar-refractivity contribution in [3.05, 3.63) is 23.6 Å². The summed E-state index contributed by atoms with van der Waals surface area (Å²) in [6.07, 6.45) is 1.32. The van der Waals surface area contributed by atoms with Crippen molar-refractivity contribution in [2.45, 2.75) is 59.3 Å². The van der Waals surface area contributed by atoms with Crippen LogP contribution in [-0.2, 0) is 16.0 Å².